The molecule has 0 saturated carbocycles. The van der Waals surface area contributed by atoms with Crippen molar-refractivity contribution in [2.24, 2.45) is 17.4 Å². The number of benzene rings is 1. The molecule has 0 amide bonds. The summed E-state index contributed by atoms with van der Waals surface area (Å²) in [6, 6.07) is 8.48. The smallest absolute Gasteiger partial charge is 0.119 e. The van der Waals surface area contributed by atoms with Crippen LogP contribution in [0.3, 0.4) is 0 Å². The van der Waals surface area contributed by atoms with E-state index in [2.05, 4.69) is 38.1 Å². The monoisotopic (exact) mass is 292 g/mol. The molecule has 0 aliphatic heterocycles. The van der Waals surface area contributed by atoms with E-state index in [0.29, 0.717) is 24.9 Å². The van der Waals surface area contributed by atoms with Gasteiger partial charge in [0.1, 0.15) is 5.75 Å². The number of unbranched alkanes of at least 4 members (excludes halogenated alkanes) is 3. The Morgan fingerprint density at radius 2 is 1.67 bits per heavy atom. The summed E-state index contributed by atoms with van der Waals surface area (Å²) >= 11 is 0. The van der Waals surface area contributed by atoms with E-state index in [9.17, 15) is 0 Å². The molecule has 0 aliphatic rings. The molecule has 1 rings (SSSR count). The van der Waals surface area contributed by atoms with Gasteiger partial charge in [-0.15, -0.1) is 0 Å². The largest absolute Gasteiger partial charge is 0.494 e. The van der Waals surface area contributed by atoms with Crippen molar-refractivity contribution in [2.75, 3.05) is 19.7 Å². The second-order valence-corrected chi connectivity index (χ2v) is 5.95. The summed E-state index contributed by atoms with van der Waals surface area (Å²) in [5, 5.41) is 0. The van der Waals surface area contributed by atoms with Crippen molar-refractivity contribution >= 4 is 0 Å². The molecule has 0 fully saturated rings. The lowest BCUT2D eigenvalue weighted by atomic mass is 9.90. The summed E-state index contributed by atoms with van der Waals surface area (Å²) in [7, 11) is 0. The Morgan fingerprint density at radius 1 is 1.00 bits per heavy atom. The number of hydrogen-bond donors (Lipinski definition) is 2. The lowest BCUT2D eigenvalue weighted by molar-refractivity contribution is 0.305. The average molecular weight is 292 g/mol. The van der Waals surface area contributed by atoms with Crippen molar-refractivity contribution in [3.63, 3.8) is 0 Å². The average Bonchev–Trinajstić information content (AvgIpc) is 2.52. The first-order chi connectivity index (χ1) is 10.2. The Labute approximate surface area is 130 Å². The predicted octanol–water partition coefficient (Wildman–Crippen LogP) is 3.67. The SMILES string of the molecule is CCCCCCOc1ccc(C(C)CC(CN)CN)cc1. The van der Waals surface area contributed by atoms with E-state index in [4.69, 9.17) is 16.2 Å². The fourth-order valence-corrected chi connectivity index (χ4v) is 2.54. The van der Waals surface area contributed by atoms with Crippen LogP contribution in [0.1, 0.15) is 57.4 Å². The molecule has 1 atom stereocenters. The topological polar surface area (TPSA) is 61.3 Å². The summed E-state index contributed by atoms with van der Waals surface area (Å²) in [6.45, 7) is 6.61. The predicted molar refractivity (Wildman–Crippen MR) is 90.7 cm³/mol. The quantitative estimate of drug-likeness (QED) is 0.612. The van der Waals surface area contributed by atoms with E-state index in [-0.39, 0.29) is 0 Å². The van der Waals surface area contributed by atoms with Gasteiger partial charge >= 0.3 is 0 Å². The van der Waals surface area contributed by atoms with Gasteiger partial charge in [-0.25, -0.2) is 0 Å². The van der Waals surface area contributed by atoms with Gasteiger partial charge in [-0.05, 0) is 55.5 Å². The van der Waals surface area contributed by atoms with Crippen molar-refractivity contribution in [3.05, 3.63) is 29.8 Å². The molecule has 1 aromatic rings. The Balaban J connectivity index is 2.38. The third-order valence-electron chi connectivity index (χ3n) is 4.07. The molecule has 0 radical (unpaired) electrons. The standard InChI is InChI=1S/C18H32N2O/c1-3-4-5-6-11-21-18-9-7-17(8-10-18)15(2)12-16(13-19)14-20/h7-10,15-16H,3-6,11-14,19-20H2,1-2H3. The molecule has 1 aromatic carbocycles. The van der Waals surface area contributed by atoms with Crippen LogP contribution in [-0.2, 0) is 0 Å². The molecular weight excluding hydrogens is 260 g/mol. The second-order valence-electron chi connectivity index (χ2n) is 5.95. The van der Waals surface area contributed by atoms with Crippen molar-refractivity contribution < 1.29 is 4.74 Å². The number of hydrogen-bond acceptors (Lipinski definition) is 3. The third-order valence-corrected chi connectivity index (χ3v) is 4.07. The van der Waals surface area contributed by atoms with Crippen molar-refractivity contribution in [1.29, 1.82) is 0 Å². The third kappa shape index (κ3) is 6.96. The molecule has 0 aliphatic carbocycles. The number of nitrogens with two attached hydrogens (primary N) is 2. The van der Waals surface area contributed by atoms with Crippen LogP contribution in [0.5, 0.6) is 5.75 Å². The molecule has 3 heteroatoms. The lowest BCUT2D eigenvalue weighted by Gasteiger charge is -2.18. The van der Waals surface area contributed by atoms with E-state index >= 15 is 0 Å². The fraction of sp³-hybridized carbons (Fsp3) is 0.667. The van der Waals surface area contributed by atoms with Crippen LogP contribution < -0.4 is 16.2 Å². The van der Waals surface area contributed by atoms with Gasteiger partial charge in [-0.2, -0.15) is 0 Å². The van der Waals surface area contributed by atoms with Gasteiger partial charge in [-0.1, -0.05) is 45.2 Å². The maximum Gasteiger partial charge on any atom is 0.119 e. The van der Waals surface area contributed by atoms with Crippen LogP contribution in [-0.4, -0.2) is 19.7 Å². The zero-order valence-corrected chi connectivity index (χ0v) is 13.7. The fourth-order valence-electron chi connectivity index (χ4n) is 2.54. The maximum absolute atomic E-state index is 5.77. The van der Waals surface area contributed by atoms with Crippen molar-refractivity contribution in [1.82, 2.24) is 0 Å². The van der Waals surface area contributed by atoms with Crippen LogP contribution in [0, 0.1) is 5.92 Å². The minimum absolute atomic E-state index is 0.412. The molecule has 21 heavy (non-hydrogen) atoms. The van der Waals surface area contributed by atoms with Crippen molar-refractivity contribution in [2.45, 2.75) is 51.9 Å². The van der Waals surface area contributed by atoms with Gasteiger partial charge in [0.05, 0.1) is 6.61 Å². The minimum atomic E-state index is 0.412. The van der Waals surface area contributed by atoms with E-state index in [0.717, 1.165) is 25.2 Å². The van der Waals surface area contributed by atoms with E-state index in [1.165, 1.54) is 24.8 Å². The molecule has 0 heterocycles. The Morgan fingerprint density at radius 3 is 2.24 bits per heavy atom. The zero-order valence-electron chi connectivity index (χ0n) is 13.7. The summed E-state index contributed by atoms with van der Waals surface area (Å²) in [5.41, 5.74) is 12.8. The molecule has 3 nitrogen and oxygen atoms in total. The van der Waals surface area contributed by atoms with E-state index in [1.807, 2.05) is 0 Å². The van der Waals surface area contributed by atoms with E-state index < -0.39 is 0 Å². The molecule has 0 spiro atoms. The number of rotatable bonds is 11. The summed E-state index contributed by atoms with van der Waals surface area (Å²) < 4.78 is 5.77. The minimum Gasteiger partial charge on any atom is -0.494 e. The van der Waals surface area contributed by atoms with Crippen LogP contribution in [0.15, 0.2) is 24.3 Å². The first-order valence-corrected chi connectivity index (χ1v) is 8.34. The number of ether oxygens (including phenoxy) is 1. The first kappa shape index (κ1) is 18.0. The molecule has 4 N–H and O–H groups in total. The van der Waals surface area contributed by atoms with Crippen LogP contribution in [0.2, 0.25) is 0 Å². The van der Waals surface area contributed by atoms with Gasteiger partial charge in [0.15, 0.2) is 0 Å². The van der Waals surface area contributed by atoms with Gasteiger partial charge in [0.2, 0.25) is 0 Å². The summed E-state index contributed by atoms with van der Waals surface area (Å²) in [4.78, 5) is 0. The Hall–Kier alpha value is -1.06. The van der Waals surface area contributed by atoms with Crippen LogP contribution >= 0.6 is 0 Å². The highest BCUT2D eigenvalue weighted by Crippen LogP contribution is 2.24. The van der Waals surface area contributed by atoms with Gasteiger partial charge in [-0.3, -0.25) is 0 Å². The van der Waals surface area contributed by atoms with Crippen molar-refractivity contribution in [3.8, 4) is 5.75 Å². The molecular formula is C18H32N2O. The Kier molecular flexibility index (Phi) is 9.11. The first-order valence-electron chi connectivity index (χ1n) is 8.34. The molecule has 1 unspecified atom stereocenters. The lowest BCUT2D eigenvalue weighted by Crippen LogP contribution is -2.24. The van der Waals surface area contributed by atoms with E-state index in [1.54, 1.807) is 0 Å². The molecule has 0 aromatic heterocycles. The van der Waals surface area contributed by atoms with Crippen LogP contribution in [0.25, 0.3) is 0 Å². The highest BCUT2D eigenvalue weighted by atomic mass is 16.5. The maximum atomic E-state index is 5.77. The van der Waals surface area contributed by atoms with Gasteiger partial charge < -0.3 is 16.2 Å². The summed E-state index contributed by atoms with van der Waals surface area (Å²) in [5.74, 6) is 1.87. The van der Waals surface area contributed by atoms with Gasteiger partial charge in [0.25, 0.3) is 0 Å². The zero-order chi connectivity index (χ0) is 15.5. The highest BCUT2D eigenvalue weighted by Gasteiger charge is 2.12. The molecule has 0 bridgehead atoms. The normalized spacial score (nSPS) is 12.6. The Bertz CT molecular complexity index is 360. The van der Waals surface area contributed by atoms with Gasteiger partial charge in [0, 0.05) is 0 Å². The molecule has 0 saturated heterocycles. The second kappa shape index (κ2) is 10.6. The summed E-state index contributed by atoms with van der Waals surface area (Å²) in [6.07, 6.45) is 6.00. The highest BCUT2D eigenvalue weighted by molar-refractivity contribution is 5.29. The molecule has 120 valence electrons. The van der Waals surface area contributed by atoms with Crippen LogP contribution in [0.4, 0.5) is 0 Å².